The van der Waals surface area contributed by atoms with Gasteiger partial charge in [0.05, 0.1) is 6.42 Å². The molecule has 1 aromatic rings. The number of carbonyl (C=O) groups is 2. The molecule has 1 rings (SSSR count). The predicted octanol–water partition coefficient (Wildman–Crippen LogP) is 2.27. The summed E-state index contributed by atoms with van der Waals surface area (Å²) in [6.07, 6.45) is 1.21. The van der Waals surface area contributed by atoms with Gasteiger partial charge in [0.15, 0.2) is 0 Å². The molecule has 0 aromatic heterocycles. The van der Waals surface area contributed by atoms with Gasteiger partial charge in [0.25, 0.3) is 0 Å². The van der Waals surface area contributed by atoms with Crippen molar-refractivity contribution < 1.29 is 23.5 Å². The fourth-order valence-corrected chi connectivity index (χ4v) is 1.77. The minimum atomic E-state index is -1.15. The van der Waals surface area contributed by atoms with Crippen LogP contribution in [0.4, 0.5) is 8.78 Å². The van der Waals surface area contributed by atoms with E-state index in [2.05, 4.69) is 5.32 Å². The predicted molar refractivity (Wildman–Crippen MR) is 69.2 cm³/mol. The Kier molecular flexibility index (Phi) is 6.09. The van der Waals surface area contributed by atoms with Crippen LogP contribution < -0.4 is 5.32 Å². The van der Waals surface area contributed by atoms with Crippen LogP contribution in [-0.4, -0.2) is 23.0 Å². The van der Waals surface area contributed by atoms with Crippen LogP contribution in [-0.2, 0) is 16.0 Å². The van der Waals surface area contributed by atoms with Gasteiger partial charge in [0, 0.05) is 5.56 Å². The molecule has 20 heavy (non-hydrogen) atoms. The molecule has 4 nitrogen and oxygen atoms in total. The van der Waals surface area contributed by atoms with Crippen LogP contribution >= 0.6 is 0 Å². The summed E-state index contributed by atoms with van der Waals surface area (Å²) in [5, 5.41) is 11.2. The SMILES string of the molecule is CCCCC(NC(=O)Cc1c(F)cccc1F)C(=O)O. The van der Waals surface area contributed by atoms with Gasteiger partial charge in [0.2, 0.25) is 5.91 Å². The van der Waals surface area contributed by atoms with Gasteiger partial charge in [-0.15, -0.1) is 0 Å². The van der Waals surface area contributed by atoms with E-state index in [0.29, 0.717) is 6.42 Å². The lowest BCUT2D eigenvalue weighted by molar-refractivity contribution is -0.142. The normalized spacial score (nSPS) is 11.9. The second-order valence-electron chi connectivity index (χ2n) is 4.48. The Bertz CT molecular complexity index is 471. The number of amides is 1. The van der Waals surface area contributed by atoms with Crippen LogP contribution in [0.1, 0.15) is 31.7 Å². The van der Waals surface area contributed by atoms with Crippen molar-refractivity contribution in [2.75, 3.05) is 0 Å². The fourth-order valence-electron chi connectivity index (χ4n) is 1.77. The van der Waals surface area contributed by atoms with Crippen LogP contribution in [0.25, 0.3) is 0 Å². The molecule has 0 aliphatic carbocycles. The van der Waals surface area contributed by atoms with Gasteiger partial charge in [-0.1, -0.05) is 25.8 Å². The first kappa shape index (κ1) is 16.1. The van der Waals surface area contributed by atoms with Crippen LogP contribution in [0.2, 0.25) is 0 Å². The minimum Gasteiger partial charge on any atom is -0.480 e. The summed E-state index contributed by atoms with van der Waals surface area (Å²) in [5.74, 6) is -3.50. The molecule has 0 aliphatic rings. The maximum absolute atomic E-state index is 13.4. The van der Waals surface area contributed by atoms with Gasteiger partial charge < -0.3 is 10.4 Å². The number of aliphatic carboxylic acids is 1. The van der Waals surface area contributed by atoms with Gasteiger partial charge in [-0.05, 0) is 18.6 Å². The maximum atomic E-state index is 13.4. The number of rotatable bonds is 7. The van der Waals surface area contributed by atoms with Gasteiger partial charge >= 0.3 is 5.97 Å². The number of carbonyl (C=O) groups excluding carboxylic acids is 1. The van der Waals surface area contributed by atoms with Crippen molar-refractivity contribution >= 4 is 11.9 Å². The highest BCUT2D eigenvalue weighted by Gasteiger charge is 2.21. The molecule has 1 atom stereocenters. The number of halogens is 2. The summed E-state index contributed by atoms with van der Waals surface area (Å²) < 4.78 is 26.7. The van der Waals surface area contributed by atoms with E-state index in [9.17, 15) is 18.4 Å². The van der Waals surface area contributed by atoms with E-state index in [0.717, 1.165) is 18.6 Å². The van der Waals surface area contributed by atoms with Crippen LogP contribution in [0.5, 0.6) is 0 Å². The summed E-state index contributed by atoms with van der Waals surface area (Å²) in [6.45, 7) is 1.90. The van der Waals surface area contributed by atoms with Crippen LogP contribution in [0.15, 0.2) is 18.2 Å². The van der Waals surface area contributed by atoms with E-state index in [-0.39, 0.29) is 12.0 Å². The van der Waals surface area contributed by atoms with Crippen molar-refractivity contribution in [2.24, 2.45) is 0 Å². The van der Waals surface area contributed by atoms with Crippen molar-refractivity contribution in [3.05, 3.63) is 35.4 Å². The number of carboxylic acid groups (broad SMARTS) is 1. The smallest absolute Gasteiger partial charge is 0.326 e. The van der Waals surface area contributed by atoms with E-state index in [4.69, 9.17) is 5.11 Å². The number of hydrogen-bond donors (Lipinski definition) is 2. The maximum Gasteiger partial charge on any atom is 0.326 e. The minimum absolute atomic E-state index is 0.289. The third kappa shape index (κ3) is 4.60. The molecule has 110 valence electrons. The average molecular weight is 285 g/mol. The average Bonchev–Trinajstić information content (AvgIpc) is 2.38. The van der Waals surface area contributed by atoms with Gasteiger partial charge in [-0.3, -0.25) is 4.79 Å². The number of hydrogen-bond acceptors (Lipinski definition) is 2. The van der Waals surface area contributed by atoms with E-state index in [1.807, 2.05) is 6.92 Å². The zero-order valence-corrected chi connectivity index (χ0v) is 11.2. The molecular formula is C14H17F2NO3. The molecule has 0 saturated carbocycles. The first-order valence-electron chi connectivity index (χ1n) is 6.40. The highest BCUT2D eigenvalue weighted by Crippen LogP contribution is 2.13. The summed E-state index contributed by atoms with van der Waals surface area (Å²) in [7, 11) is 0. The lowest BCUT2D eigenvalue weighted by atomic mass is 10.1. The Morgan fingerprint density at radius 1 is 1.30 bits per heavy atom. The molecule has 1 unspecified atom stereocenters. The third-order valence-corrected chi connectivity index (χ3v) is 2.88. The quantitative estimate of drug-likeness (QED) is 0.807. The van der Waals surface area contributed by atoms with Crippen molar-refractivity contribution in [2.45, 2.75) is 38.6 Å². The number of nitrogens with one attached hydrogen (secondary N) is 1. The number of carboxylic acids is 1. The lowest BCUT2D eigenvalue weighted by Crippen LogP contribution is -2.41. The Hall–Kier alpha value is -1.98. The first-order valence-corrected chi connectivity index (χ1v) is 6.40. The van der Waals surface area contributed by atoms with Crippen molar-refractivity contribution in [1.29, 1.82) is 0 Å². The summed E-state index contributed by atoms with van der Waals surface area (Å²) >= 11 is 0. The van der Waals surface area contributed by atoms with Crippen LogP contribution in [0, 0.1) is 11.6 Å². The zero-order chi connectivity index (χ0) is 15.1. The Balaban J connectivity index is 2.68. The van der Waals surface area contributed by atoms with Gasteiger partial charge in [0.1, 0.15) is 17.7 Å². The largest absolute Gasteiger partial charge is 0.480 e. The summed E-state index contributed by atoms with van der Waals surface area (Å²) in [5.41, 5.74) is -0.357. The summed E-state index contributed by atoms with van der Waals surface area (Å²) in [4.78, 5) is 22.7. The topological polar surface area (TPSA) is 66.4 Å². The Morgan fingerprint density at radius 2 is 1.90 bits per heavy atom. The van der Waals surface area contributed by atoms with E-state index >= 15 is 0 Å². The Morgan fingerprint density at radius 3 is 2.40 bits per heavy atom. The van der Waals surface area contributed by atoms with E-state index in [1.165, 1.54) is 6.07 Å². The van der Waals surface area contributed by atoms with Crippen molar-refractivity contribution in [1.82, 2.24) is 5.32 Å². The van der Waals surface area contributed by atoms with Gasteiger partial charge in [-0.2, -0.15) is 0 Å². The number of unbranched alkanes of at least 4 members (excludes halogenated alkanes) is 1. The van der Waals surface area contributed by atoms with E-state index in [1.54, 1.807) is 0 Å². The second kappa shape index (κ2) is 7.57. The highest BCUT2D eigenvalue weighted by atomic mass is 19.1. The van der Waals surface area contributed by atoms with Crippen LogP contribution in [0.3, 0.4) is 0 Å². The molecule has 0 saturated heterocycles. The van der Waals surface area contributed by atoms with Crippen molar-refractivity contribution in [3.8, 4) is 0 Å². The Labute approximate surface area is 115 Å². The third-order valence-electron chi connectivity index (χ3n) is 2.88. The fraction of sp³-hybridized carbons (Fsp3) is 0.429. The molecule has 0 spiro atoms. The molecule has 2 N–H and O–H groups in total. The molecule has 0 bridgehead atoms. The lowest BCUT2D eigenvalue weighted by Gasteiger charge is -2.14. The van der Waals surface area contributed by atoms with Crippen molar-refractivity contribution in [3.63, 3.8) is 0 Å². The van der Waals surface area contributed by atoms with E-state index < -0.39 is 36.0 Å². The first-order chi connectivity index (χ1) is 9.45. The monoisotopic (exact) mass is 285 g/mol. The standard InChI is InChI=1S/C14H17F2NO3/c1-2-3-7-12(14(19)20)17-13(18)8-9-10(15)5-4-6-11(9)16/h4-6,12H,2-3,7-8H2,1H3,(H,17,18)(H,19,20). The molecular weight excluding hydrogens is 268 g/mol. The number of benzene rings is 1. The molecule has 0 radical (unpaired) electrons. The molecule has 6 heteroatoms. The second-order valence-corrected chi connectivity index (χ2v) is 4.48. The zero-order valence-electron chi connectivity index (χ0n) is 11.2. The molecule has 1 amide bonds. The molecule has 0 heterocycles. The molecule has 0 fully saturated rings. The molecule has 0 aliphatic heterocycles. The summed E-state index contributed by atoms with van der Waals surface area (Å²) in [6, 6.07) is 2.28. The molecule has 1 aromatic carbocycles. The highest BCUT2D eigenvalue weighted by molar-refractivity contribution is 5.84. The van der Waals surface area contributed by atoms with Gasteiger partial charge in [-0.25, -0.2) is 13.6 Å².